The molecule has 1 heterocycles. The van der Waals surface area contributed by atoms with Gasteiger partial charge in [-0.2, -0.15) is 0 Å². The van der Waals surface area contributed by atoms with Gasteiger partial charge in [0.05, 0.1) is 22.4 Å². The topological polar surface area (TPSA) is 15.3 Å². The third-order valence-corrected chi connectivity index (χ3v) is 4.98. The van der Waals surface area contributed by atoms with E-state index in [1.807, 2.05) is 42.5 Å². The van der Waals surface area contributed by atoms with Crippen LogP contribution in [-0.2, 0) is 6.42 Å². The van der Waals surface area contributed by atoms with Crippen molar-refractivity contribution < 1.29 is 0 Å². The van der Waals surface area contributed by atoms with Crippen LogP contribution in [0.5, 0.6) is 0 Å². The molecule has 4 heteroatoms. The Morgan fingerprint density at radius 1 is 1.25 bits per heavy atom. The molecule has 2 rings (SSSR count). The maximum absolute atomic E-state index is 6.30. The largest absolute Gasteiger partial charge is 0.376 e. The normalized spacial score (nSPS) is 12.2. The first-order valence-electron chi connectivity index (χ1n) is 6.84. The molecule has 1 aromatic carbocycles. The molecule has 0 saturated heterocycles. The number of hydrogen-bond donors (Lipinski definition) is 1. The number of nitrogens with one attached hydrogen (secondary N) is 1. The zero-order chi connectivity index (χ0) is 14.7. The van der Waals surface area contributed by atoms with Crippen molar-refractivity contribution in [1.82, 2.24) is 0 Å². The molecule has 0 saturated carbocycles. The summed E-state index contributed by atoms with van der Waals surface area (Å²) in [5, 5.41) is 4.34. The van der Waals surface area contributed by atoms with Crippen molar-refractivity contribution in [3.8, 4) is 0 Å². The molecule has 2 nitrogen and oxygen atoms in total. The van der Waals surface area contributed by atoms with Gasteiger partial charge in [0.2, 0.25) is 0 Å². The minimum atomic E-state index is 0.275. The number of rotatable bonds is 5. The summed E-state index contributed by atoms with van der Waals surface area (Å²) in [6.45, 7) is 4.38. The predicted octanol–water partition coefficient (Wildman–Crippen LogP) is 5.20. The van der Waals surface area contributed by atoms with Crippen molar-refractivity contribution >= 4 is 34.3 Å². The monoisotopic (exact) mass is 308 g/mol. The lowest BCUT2D eigenvalue weighted by Gasteiger charge is -2.22. The predicted molar refractivity (Wildman–Crippen MR) is 91.5 cm³/mol. The van der Waals surface area contributed by atoms with E-state index >= 15 is 0 Å². The molecule has 0 aliphatic heterocycles. The van der Waals surface area contributed by atoms with Gasteiger partial charge in [-0.1, -0.05) is 24.6 Å². The highest BCUT2D eigenvalue weighted by Gasteiger charge is 2.13. The molecular weight excluding hydrogens is 288 g/mol. The van der Waals surface area contributed by atoms with E-state index in [0.717, 1.165) is 22.8 Å². The lowest BCUT2D eigenvalue weighted by molar-refractivity contribution is 0.905. The number of hydrogen-bond acceptors (Lipinski definition) is 3. The summed E-state index contributed by atoms with van der Waals surface area (Å²) in [7, 11) is 4.02. The number of benzene rings is 1. The summed E-state index contributed by atoms with van der Waals surface area (Å²) in [4.78, 5) is 4.82. The molecule has 0 spiro atoms. The van der Waals surface area contributed by atoms with E-state index in [1.54, 1.807) is 0 Å². The van der Waals surface area contributed by atoms with Crippen molar-refractivity contribution in [2.45, 2.75) is 26.3 Å². The maximum Gasteiger partial charge on any atom is 0.0786 e. The van der Waals surface area contributed by atoms with Gasteiger partial charge < -0.3 is 10.2 Å². The van der Waals surface area contributed by atoms with Gasteiger partial charge in [-0.25, -0.2) is 0 Å². The number of aryl methyl sites for hydroxylation is 1. The van der Waals surface area contributed by atoms with Crippen LogP contribution < -0.4 is 10.2 Å². The summed E-state index contributed by atoms with van der Waals surface area (Å²) < 4.78 is 0. The Balaban J connectivity index is 2.23. The second-order valence-corrected chi connectivity index (χ2v) is 6.66. The van der Waals surface area contributed by atoms with Gasteiger partial charge in [-0.05, 0) is 37.6 Å². The van der Waals surface area contributed by atoms with E-state index in [0.29, 0.717) is 0 Å². The smallest absolute Gasteiger partial charge is 0.0786 e. The summed E-state index contributed by atoms with van der Waals surface area (Å²) >= 11 is 8.17. The van der Waals surface area contributed by atoms with E-state index in [4.69, 9.17) is 11.6 Å². The molecule has 1 N–H and O–H groups in total. The average molecular weight is 309 g/mol. The molecule has 1 atom stereocenters. The molecule has 20 heavy (non-hydrogen) atoms. The first-order valence-corrected chi connectivity index (χ1v) is 8.03. The first kappa shape index (κ1) is 15.2. The highest BCUT2D eigenvalue weighted by Crippen LogP contribution is 2.35. The second kappa shape index (κ2) is 6.51. The van der Waals surface area contributed by atoms with E-state index in [1.165, 1.54) is 9.75 Å². The van der Waals surface area contributed by atoms with Crippen LogP contribution in [0.3, 0.4) is 0 Å². The molecule has 0 aliphatic rings. The Kier molecular flexibility index (Phi) is 4.95. The minimum absolute atomic E-state index is 0.275. The minimum Gasteiger partial charge on any atom is -0.376 e. The van der Waals surface area contributed by atoms with Crippen LogP contribution in [0.4, 0.5) is 11.4 Å². The van der Waals surface area contributed by atoms with Gasteiger partial charge in [0.15, 0.2) is 0 Å². The van der Waals surface area contributed by atoms with E-state index in [-0.39, 0.29) is 6.04 Å². The SMILES string of the molecule is CCc1ccc(C(C)Nc2cccc(Cl)c2N(C)C)s1. The molecule has 1 unspecified atom stereocenters. The van der Waals surface area contributed by atoms with Gasteiger partial charge in [0, 0.05) is 23.8 Å². The molecule has 1 aromatic heterocycles. The first-order chi connectivity index (χ1) is 9.52. The Labute approximate surface area is 130 Å². The van der Waals surface area contributed by atoms with E-state index < -0.39 is 0 Å². The van der Waals surface area contributed by atoms with Gasteiger partial charge >= 0.3 is 0 Å². The van der Waals surface area contributed by atoms with Crippen LogP contribution in [0.2, 0.25) is 5.02 Å². The highest BCUT2D eigenvalue weighted by molar-refractivity contribution is 7.12. The molecule has 0 amide bonds. The van der Waals surface area contributed by atoms with Crippen LogP contribution in [0, 0.1) is 0 Å². The lowest BCUT2D eigenvalue weighted by atomic mass is 10.2. The van der Waals surface area contributed by atoms with Crippen LogP contribution in [0.15, 0.2) is 30.3 Å². The zero-order valence-electron chi connectivity index (χ0n) is 12.4. The highest BCUT2D eigenvalue weighted by atomic mass is 35.5. The Hall–Kier alpha value is -1.19. The number of thiophene rings is 1. The Morgan fingerprint density at radius 3 is 2.60 bits per heavy atom. The van der Waals surface area contributed by atoms with Crippen molar-refractivity contribution in [2.24, 2.45) is 0 Å². The van der Waals surface area contributed by atoms with Gasteiger partial charge in [0.25, 0.3) is 0 Å². The Bertz CT molecular complexity index is 578. The third-order valence-electron chi connectivity index (χ3n) is 3.26. The molecule has 0 radical (unpaired) electrons. The van der Waals surface area contributed by atoms with E-state index in [2.05, 4.69) is 37.4 Å². The molecule has 0 fully saturated rings. The fourth-order valence-corrected chi connectivity index (χ4v) is 3.51. The number of para-hydroxylation sites is 1. The van der Waals surface area contributed by atoms with Gasteiger partial charge in [-0.3, -0.25) is 0 Å². The lowest BCUT2D eigenvalue weighted by Crippen LogP contribution is -2.14. The number of anilines is 2. The molecule has 2 aromatic rings. The van der Waals surface area contributed by atoms with Crippen molar-refractivity contribution in [2.75, 3.05) is 24.3 Å². The fourth-order valence-electron chi connectivity index (χ4n) is 2.21. The summed E-state index contributed by atoms with van der Waals surface area (Å²) in [5.41, 5.74) is 2.11. The third kappa shape index (κ3) is 3.28. The van der Waals surface area contributed by atoms with Crippen LogP contribution in [0.1, 0.15) is 29.6 Å². The summed E-state index contributed by atoms with van der Waals surface area (Å²) in [5.74, 6) is 0. The number of halogens is 1. The van der Waals surface area contributed by atoms with Gasteiger partial charge in [0.1, 0.15) is 0 Å². The second-order valence-electron chi connectivity index (χ2n) is 5.05. The molecule has 0 aliphatic carbocycles. The zero-order valence-corrected chi connectivity index (χ0v) is 14.0. The quantitative estimate of drug-likeness (QED) is 0.816. The average Bonchev–Trinajstić information content (AvgIpc) is 2.87. The summed E-state index contributed by atoms with van der Waals surface area (Å²) in [6.07, 6.45) is 1.09. The number of nitrogens with zero attached hydrogens (tertiary/aromatic N) is 1. The molecule has 0 bridgehead atoms. The van der Waals surface area contributed by atoms with Crippen molar-refractivity contribution in [3.05, 3.63) is 45.1 Å². The van der Waals surface area contributed by atoms with Crippen LogP contribution in [-0.4, -0.2) is 14.1 Å². The van der Waals surface area contributed by atoms with Crippen molar-refractivity contribution in [1.29, 1.82) is 0 Å². The van der Waals surface area contributed by atoms with Crippen LogP contribution in [0.25, 0.3) is 0 Å². The molecule has 108 valence electrons. The maximum atomic E-state index is 6.30. The van der Waals surface area contributed by atoms with Crippen LogP contribution >= 0.6 is 22.9 Å². The van der Waals surface area contributed by atoms with Gasteiger partial charge in [-0.15, -0.1) is 11.3 Å². The summed E-state index contributed by atoms with van der Waals surface area (Å²) in [6, 6.07) is 10.7. The standard InChI is InChI=1S/C16H21ClN2S/c1-5-12-9-10-15(20-12)11(2)18-14-8-6-7-13(17)16(14)19(3)4/h6-11,18H,5H2,1-4H3. The fraction of sp³-hybridized carbons (Fsp3) is 0.375. The van der Waals surface area contributed by atoms with Crippen molar-refractivity contribution in [3.63, 3.8) is 0 Å². The Morgan fingerprint density at radius 2 is 2.00 bits per heavy atom. The van der Waals surface area contributed by atoms with E-state index in [9.17, 15) is 0 Å². The molecular formula is C16H21ClN2S.